The van der Waals surface area contributed by atoms with Crippen molar-refractivity contribution in [2.24, 2.45) is 5.73 Å². The highest BCUT2D eigenvalue weighted by Gasteiger charge is 2.11. The molecule has 0 fully saturated rings. The van der Waals surface area contributed by atoms with Crippen molar-refractivity contribution in [3.05, 3.63) is 34.5 Å². The molecular weight excluding hydrogens is 248 g/mol. The average molecular weight is 267 g/mol. The molecule has 1 aromatic carbocycles. The van der Waals surface area contributed by atoms with Gasteiger partial charge in [0.1, 0.15) is 0 Å². The number of halogens is 1. The van der Waals surface area contributed by atoms with E-state index in [0.717, 1.165) is 30.0 Å². The van der Waals surface area contributed by atoms with Gasteiger partial charge in [0, 0.05) is 29.8 Å². The maximum absolute atomic E-state index is 8.97. The number of nitrogens with two attached hydrogens (primary N) is 1. The highest BCUT2D eigenvalue weighted by atomic mass is 35.5. The summed E-state index contributed by atoms with van der Waals surface area (Å²) in [5.41, 5.74) is 9.17. The molecule has 0 unspecified atom stereocenters. The second-order valence-corrected chi connectivity index (χ2v) is 4.94. The molecule has 98 valence electrons. The first-order valence-electron chi connectivity index (χ1n) is 6.26. The van der Waals surface area contributed by atoms with Crippen LogP contribution in [-0.2, 0) is 13.0 Å². The van der Waals surface area contributed by atoms with Crippen LogP contribution in [0.3, 0.4) is 0 Å². The molecule has 0 amide bonds. The number of benzene rings is 1. The Labute approximate surface area is 112 Å². The average Bonchev–Trinajstić information content (AvgIpc) is 2.71. The first-order valence-corrected chi connectivity index (χ1v) is 6.64. The van der Waals surface area contributed by atoms with E-state index in [0.29, 0.717) is 6.54 Å². The van der Waals surface area contributed by atoms with Gasteiger partial charge in [0.2, 0.25) is 0 Å². The number of aromatic nitrogens is 1. The number of nitrogens with zero attached hydrogens (tertiary/aromatic N) is 1. The number of hydrogen-bond acceptors (Lipinski definition) is 2. The number of hydrogen-bond donors (Lipinski definition) is 2. The molecule has 0 saturated carbocycles. The molecule has 0 bridgehead atoms. The van der Waals surface area contributed by atoms with Crippen LogP contribution in [0.5, 0.6) is 0 Å². The molecule has 1 aromatic heterocycles. The maximum Gasteiger partial charge on any atom is 0.0527 e. The van der Waals surface area contributed by atoms with Crippen LogP contribution in [0, 0.1) is 6.92 Å². The van der Waals surface area contributed by atoms with Crippen molar-refractivity contribution in [3.63, 3.8) is 0 Å². The predicted octanol–water partition coefficient (Wildman–Crippen LogP) is 2.49. The SMILES string of the molecule is Cc1c(Cl)ccc2c(CCN)cn(CCCO)c12. The van der Waals surface area contributed by atoms with E-state index >= 15 is 0 Å². The van der Waals surface area contributed by atoms with Crippen LogP contribution in [0.1, 0.15) is 17.5 Å². The molecule has 3 nitrogen and oxygen atoms in total. The minimum absolute atomic E-state index is 0.200. The minimum Gasteiger partial charge on any atom is -0.396 e. The van der Waals surface area contributed by atoms with Gasteiger partial charge in [0.15, 0.2) is 0 Å². The monoisotopic (exact) mass is 266 g/mol. The largest absolute Gasteiger partial charge is 0.396 e. The van der Waals surface area contributed by atoms with Crippen molar-refractivity contribution in [2.45, 2.75) is 26.3 Å². The molecule has 0 spiro atoms. The van der Waals surface area contributed by atoms with E-state index in [-0.39, 0.29) is 6.61 Å². The van der Waals surface area contributed by atoms with Crippen LogP contribution in [0.2, 0.25) is 5.02 Å². The van der Waals surface area contributed by atoms with E-state index in [1.165, 1.54) is 16.5 Å². The zero-order valence-electron chi connectivity index (χ0n) is 10.6. The fourth-order valence-electron chi connectivity index (χ4n) is 2.40. The molecule has 0 saturated heterocycles. The molecule has 2 aromatic rings. The molecule has 0 aliphatic carbocycles. The topological polar surface area (TPSA) is 51.2 Å². The third-order valence-electron chi connectivity index (χ3n) is 3.28. The predicted molar refractivity (Wildman–Crippen MR) is 76.1 cm³/mol. The Hall–Kier alpha value is -1.03. The van der Waals surface area contributed by atoms with Gasteiger partial charge in [-0.1, -0.05) is 17.7 Å². The summed E-state index contributed by atoms with van der Waals surface area (Å²) >= 11 is 6.19. The van der Waals surface area contributed by atoms with E-state index in [2.05, 4.69) is 16.8 Å². The molecule has 3 N–H and O–H groups in total. The lowest BCUT2D eigenvalue weighted by molar-refractivity contribution is 0.280. The van der Waals surface area contributed by atoms with Crippen molar-refractivity contribution in [1.29, 1.82) is 0 Å². The van der Waals surface area contributed by atoms with Crippen molar-refractivity contribution in [3.8, 4) is 0 Å². The van der Waals surface area contributed by atoms with E-state index in [9.17, 15) is 0 Å². The van der Waals surface area contributed by atoms with Crippen molar-refractivity contribution in [1.82, 2.24) is 4.57 Å². The summed E-state index contributed by atoms with van der Waals surface area (Å²) in [5, 5.41) is 11.0. The lowest BCUT2D eigenvalue weighted by atomic mass is 10.1. The van der Waals surface area contributed by atoms with Gasteiger partial charge in [-0.25, -0.2) is 0 Å². The van der Waals surface area contributed by atoms with Crippen LogP contribution < -0.4 is 5.73 Å². The van der Waals surface area contributed by atoms with Crippen molar-refractivity contribution < 1.29 is 5.11 Å². The summed E-state index contributed by atoms with van der Waals surface area (Å²) in [5.74, 6) is 0. The Morgan fingerprint density at radius 3 is 2.83 bits per heavy atom. The Kier molecular flexibility index (Phi) is 4.27. The molecule has 2 rings (SSSR count). The third kappa shape index (κ3) is 2.39. The molecule has 0 atom stereocenters. The smallest absolute Gasteiger partial charge is 0.0527 e. The van der Waals surface area contributed by atoms with Gasteiger partial charge in [-0.05, 0) is 43.5 Å². The second-order valence-electron chi connectivity index (χ2n) is 4.53. The van der Waals surface area contributed by atoms with Crippen LogP contribution in [0.15, 0.2) is 18.3 Å². The summed E-state index contributed by atoms with van der Waals surface area (Å²) in [7, 11) is 0. The van der Waals surface area contributed by atoms with Gasteiger partial charge in [-0.3, -0.25) is 0 Å². The molecule has 4 heteroatoms. The summed E-state index contributed by atoms with van der Waals surface area (Å²) < 4.78 is 2.18. The third-order valence-corrected chi connectivity index (χ3v) is 3.69. The lowest BCUT2D eigenvalue weighted by Gasteiger charge is -2.07. The standard InChI is InChI=1S/C14H19ClN2O/c1-10-13(15)4-3-12-11(5-6-16)9-17(14(10)12)7-2-8-18/h3-4,9,18H,2,5-8,16H2,1H3. The van der Waals surface area contributed by atoms with Gasteiger partial charge in [0.25, 0.3) is 0 Å². The number of aliphatic hydroxyl groups is 1. The summed E-state index contributed by atoms with van der Waals surface area (Å²) in [6.45, 7) is 3.68. The Balaban J connectivity index is 2.57. The fourth-order valence-corrected chi connectivity index (χ4v) is 2.55. The zero-order valence-corrected chi connectivity index (χ0v) is 11.4. The molecule has 1 heterocycles. The van der Waals surface area contributed by atoms with E-state index in [1.807, 2.05) is 13.0 Å². The maximum atomic E-state index is 8.97. The van der Waals surface area contributed by atoms with E-state index in [4.69, 9.17) is 22.4 Å². The fraction of sp³-hybridized carbons (Fsp3) is 0.429. The second kappa shape index (κ2) is 5.74. The minimum atomic E-state index is 0.200. The van der Waals surface area contributed by atoms with Gasteiger partial charge >= 0.3 is 0 Å². The van der Waals surface area contributed by atoms with Crippen LogP contribution >= 0.6 is 11.6 Å². The number of aryl methyl sites for hydroxylation is 2. The van der Waals surface area contributed by atoms with E-state index in [1.54, 1.807) is 0 Å². The zero-order chi connectivity index (χ0) is 13.1. The van der Waals surface area contributed by atoms with Gasteiger partial charge in [-0.15, -0.1) is 0 Å². The van der Waals surface area contributed by atoms with Crippen molar-refractivity contribution >= 4 is 22.5 Å². The highest BCUT2D eigenvalue weighted by molar-refractivity contribution is 6.32. The van der Waals surface area contributed by atoms with E-state index < -0.39 is 0 Å². The molecule has 0 radical (unpaired) electrons. The van der Waals surface area contributed by atoms with Gasteiger partial charge in [0.05, 0.1) is 5.52 Å². The normalized spacial score (nSPS) is 11.3. The lowest BCUT2D eigenvalue weighted by Crippen LogP contribution is -2.02. The first kappa shape index (κ1) is 13.4. The molecule has 18 heavy (non-hydrogen) atoms. The number of fused-ring (bicyclic) bond motifs is 1. The van der Waals surface area contributed by atoms with Gasteiger partial charge in [-0.2, -0.15) is 0 Å². The quantitative estimate of drug-likeness (QED) is 0.874. The van der Waals surface area contributed by atoms with Gasteiger partial charge < -0.3 is 15.4 Å². The molecule has 0 aliphatic rings. The summed E-state index contributed by atoms with van der Waals surface area (Å²) in [6.07, 6.45) is 3.75. The highest BCUT2D eigenvalue weighted by Crippen LogP contribution is 2.29. The molecular formula is C14H19ClN2O. The van der Waals surface area contributed by atoms with Crippen LogP contribution in [0.25, 0.3) is 10.9 Å². The van der Waals surface area contributed by atoms with Crippen LogP contribution in [0.4, 0.5) is 0 Å². The number of aliphatic hydroxyl groups excluding tert-OH is 1. The summed E-state index contributed by atoms with van der Waals surface area (Å²) in [4.78, 5) is 0. The summed E-state index contributed by atoms with van der Waals surface area (Å²) in [6, 6.07) is 4.00. The Morgan fingerprint density at radius 2 is 2.17 bits per heavy atom. The Bertz CT molecular complexity index is 548. The first-order chi connectivity index (χ1) is 8.69. The van der Waals surface area contributed by atoms with Crippen LogP contribution in [-0.4, -0.2) is 22.8 Å². The molecule has 0 aliphatic heterocycles. The van der Waals surface area contributed by atoms with Crippen molar-refractivity contribution in [2.75, 3.05) is 13.2 Å². The Morgan fingerprint density at radius 1 is 1.39 bits per heavy atom. The number of rotatable bonds is 5.